The monoisotopic (exact) mass is 467 g/mol. The minimum Gasteiger partial charge on any atom is -0.494 e. The average Bonchev–Trinajstić information content (AvgIpc) is 3.30. The van der Waals surface area contributed by atoms with Crippen LogP contribution >= 0.6 is 11.6 Å². The Hall–Kier alpha value is -2.99. The van der Waals surface area contributed by atoms with Gasteiger partial charge in [-0.25, -0.2) is 9.48 Å². The molecule has 7 heteroatoms. The molecule has 3 aromatic rings. The molecule has 1 aromatic heterocycles. The molecule has 1 N–H and O–H groups in total. The Morgan fingerprint density at radius 1 is 1.15 bits per heavy atom. The molecule has 0 aliphatic heterocycles. The molecule has 174 valence electrons. The van der Waals surface area contributed by atoms with Crippen molar-refractivity contribution in [1.82, 2.24) is 15.1 Å². The van der Waals surface area contributed by atoms with E-state index in [-0.39, 0.29) is 6.09 Å². The van der Waals surface area contributed by atoms with Crippen molar-refractivity contribution in [2.45, 2.75) is 45.6 Å². The first kappa shape index (κ1) is 23.2. The van der Waals surface area contributed by atoms with E-state index in [0.29, 0.717) is 17.5 Å². The lowest BCUT2D eigenvalue weighted by molar-refractivity contribution is 0.0525. The topological polar surface area (TPSA) is 65.4 Å². The van der Waals surface area contributed by atoms with Crippen molar-refractivity contribution >= 4 is 17.7 Å². The lowest BCUT2D eigenvalue weighted by Gasteiger charge is -2.20. The van der Waals surface area contributed by atoms with E-state index in [9.17, 15) is 4.79 Å². The molecule has 0 bridgehead atoms. The molecule has 1 atom stereocenters. The van der Waals surface area contributed by atoms with Crippen LogP contribution in [0, 0.1) is 5.92 Å². The molecule has 0 radical (unpaired) electrons. The molecule has 6 nitrogen and oxygen atoms in total. The molecule has 1 amide bonds. The van der Waals surface area contributed by atoms with Crippen LogP contribution in [0.25, 0.3) is 16.9 Å². The predicted molar refractivity (Wildman–Crippen MR) is 130 cm³/mol. The Balaban J connectivity index is 1.57. The van der Waals surface area contributed by atoms with Gasteiger partial charge in [0.15, 0.2) is 0 Å². The number of para-hydroxylation sites is 2. The number of amides is 1. The van der Waals surface area contributed by atoms with Crippen molar-refractivity contribution in [1.29, 1.82) is 0 Å². The van der Waals surface area contributed by atoms with Crippen molar-refractivity contribution in [3.8, 4) is 22.7 Å². The zero-order valence-electron chi connectivity index (χ0n) is 19.5. The van der Waals surface area contributed by atoms with Gasteiger partial charge in [-0.1, -0.05) is 35.9 Å². The summed E-state index contributed by atoms with van der Waals surface area (Å²) >= 11 is 6.15. The molecule has 0 saturated carbocycles. The molecule has 0 fully saturated rings. The van der Waals surface area contributed by atoms with Gasteiger partial charge in [0.1, 0.15) is 17.0 Å². The quantitative estimate of drug-likeness (QED) is 0.495. The number of carbonyl (C=O) groups is 1. The Morgan fingerprint density at radius 3 is 2.58 bits per heavy atom. The average molecular weight is 468 g/mol. The van der Waals surface area contributed by atoms with Crippen LogP contribution in [0.4, 0.5) is 4.79 Å². The second kappa shape index (κ2) is 9.48. The zero-order chi connectivity index (χ0) is 23.6. The van der Waals surface area contributed by atoms with Crippen molar-refractivity contribution in [3.63, 3.8) is 0 Å². The summed E-state index contributed by atoms with van der Waals surface area (Å²) in [5.41, 5.74) is 4.87. The third kappa shape index (κ3) is 5.33. The number of alkyl carbamates (subject to hydrolysis) is 1. The van der Waals surface area contributed by atoms with E-state index in [4.69, 9.17) is 26.2 Å². The van der Waals surface area contributed by atoms with Crippen LogP contribution in [0.3, 0.4) is 0 Å². The van der Waals surface area contributed by atoms with Gasteiger partial charge in [-0.2, -0.15) is 5.10 Å². The molecule has 33 heavy (non-hydrogen) atoms. The van der Waals surface area contributed by atoms with Crippen molar-refractivity contribution in [2.75, 3.05) is 13.7 Å². The number of nitrogens with one attached hydrogen (secondary N) is 1. The lowest BCUT2D eigenvalue weighted by Crippen LogP contribution is -2.33. The normalized spacial score (nSPS) is 15.2. The van der Waals surface area contributed by atoms with Gasteiger partial charge < -0.3 is 14.8 Å². The van der Waals surface area contributed by atoms with Crippen molar-refractivity contribution in [2.24, 2.45) is 5.92 Å². The van der Waals surface area contributed by atoms with Gasteiger partial charge in [0, 0.05) is 22.7 Å². The summed E-state index contributed by atoms with van der Waals surface area (Å²) in [5, 5.41) is 8.57. The second-order valence-electron chi connectivity index (χ2n) is 9.36. The number of fused-ring (bicyclic) bond motifs is 1. The predicted octanol–water partition coefficient (Wildman–Crippen LogP) is 5.83. The van der Waals surface area contributed by atoms with Crippen LogP contribution in [-0.2, 0) is 17.6 Å². The van der Waals surface area contributed by atoms with E-state index in [1.807, 2.05) is 74.0 Å². The highest BCUT2D eigenvalue weighted by molar-refractivity contribution is 6.30. The van der Waals surface area contributed by atoms with Gasteiger partial charge in [-0.05, 0) is 70.2 Å². The van der Waals surface area contributed by atoms with E-state index in [0.717, 1.165) is 47.7 Å². The maximum Gasteiger partial charge on any atom is 0.407 e. The molecule has 1 heterocycles. The fourth-order valence-electron chi connectivity index (χ4n) is 4.29. The first-order chi connectivity index (χ1) is 15.7. The summed E-state index contributed by atoms with van der Waals surface area (Å²) in [5.74, 6) is 1.18. The van der Waals surface area contributed by atoms with E-state index in [1.54, 1.807) is 7.11 Å². The van der Waals surface area contributed by atoms with Gasteiger partial charge >= 0.3 is 6.09 Å². The molecule has 1 aliphatic rings. The summed E-state index contributed by atoms with van der Waals surface area (Å²) in [6.07, 6.45) is 2.26. The number of aromatic nitrogens is 2. The molecule has 1 aliphatic carbocycles. The zero-order valence-corrected chi connectivity index (χ0v) is 20.3. The van der Waals surface area contributed by atoms with E-state index in [2.05, 4.69) is 5.32 Å². The summed E-state index contributed by atoms with van der Waals surface area (Å²) in [7, 11) is 1.67. The second-order valence-corrected chi connectivity index (χ2v) is 9.79. The first-order valence-corrected chi connectivity index (χ1v) is 11.6. The minimum atomic E-state index is -0.497. The fourth-order valence-corrected chi connectivity index (χ4v) is 4.41. The van der Waals surface area contributed by atoms with E-state index < -0.39 is 5.60 Å². The molecule has 1 unspecified atom stereocenters. The molecular formula is C26H30ClN3O3. The first-order valence-electron chi connectivity index (χ1n) is 11.2. The highest BCUT2D eigenvalue weighted by Gasteiger charge is 2.30. The lowest BCUT2D eigenvalue weighted by atomic mass is 10.00. The Bertz CT molecular complexity index is 1130. The number of hydrogen-bond donors (Lipinski definition) is 1. The molecule has 0 spiro atoms. The third-order valence-electron chi connectivity index (χ3n) is 5.69. The van der Waals surface area contributed by atoms with Gasteiger partial charge in [0.25, 0.3) is 0 Å². The molecule has 0 saturated heterocycles. The van der Waals surface area contributed by atoms with Gasteiger partial charge in [-0.3, -0.25) is 0 Å². The van der Waals surface area contributed by atoms with Gasteiger partial charge in [-0.15, -0.1) is 0 Å². The SMILES string of the molecule is COc1ccccc1-n1nc2c(c1-c1ccc(Cl)cc1)CC(CCNC(=O)OC(C)(C)C)C2. The third-order valence-corrected chi connectivity index (χ3v) is 5.95. The maximum absolute atomic E-state index is 12.0. The number of ether oxygens (including phenoxy) is 2. The highest BCUT2D eigenvalue weighted by atomic mass is 35.5. The summed E-state index contributed by atoms with van der Waals surface area (Å²) in [6, 6.07) is 15.8. The van der Waals surface area contributed by atoms with Gasteiger partial charge in [0.05, 0.1) is 18.5 Å². The number of carbonyl (C=O) groups excluding carboxylic acids is 1. The number of benzene rings is 2. The van der Waals surface area contributed by atoms with Crippen molar-refractivity contribution in [3.05, 3.63) is 64.8 Å². The van der Waals surface area contributed by atoms with Gasteiger partial charge in [0.2, 0.25) is 0 Å². The maximum atomic E-state index is 12.0. The van der Waals surface area contributed by atoms with Crippen LogP contribution < -0.4 is 10.1 Å². The van der Waals surface area contributed by atoms with Crippen LogP contribution in [0.2, 0.25) is 5.02 Å². The number of nitrogens with zero attached hydrogens (tertiary/aromatic N) is 2. The van der Waals surface area contributed by atoms with Crippen LogP contribution in [0.1, 0.15) is 38.4 Å². The molecule has 2 aromatic carbocycles. The number of halogens is 1. The number of rotatable bonds is 6. The van der Waals surface area contributed by atoms with Crippen molar-refractivity contribution < 1.29 is 14.3 Å². The summed E-state index contributed by atoms with van der Waals surface area (Å²) in [6.45, 7) is 6.16. The fraction of sp³-hybridized carbons (Fsp3) is 0.385. The summed E-state index contributed by atoms with van der Waals surface area (Å²) in [4.78, 5) is 12.0. The minimum absolute atomic E-state index is 0.374. The Kier molecular flexibility index (Phi) is 6.66. The number of methoxy groups -OCH3 is 1. The largest absolute Gasteiger partial charge is 0.494 e. The van der Waals surface area contributed by atoms with Crippen LogP contribution in [-0.4, -0.2) is 35.1 Å². The van der Waals surface area contributed by atoms with Crippen LogP contribution in [0.5, 0.6) is 5.75 Å². The Labute approximate surface area is 199 Å². The standard InChI is InChI=1S/C26H30ClN3O3/c1-26(2,3)33-25(31)28-14-13-17-15-20-21(16-17)29-30(22-7-5-6-8-23(22)32-4)24(20)18-9-11-19(27)12-10-18/h5-12,17H,13-16H2,1-4H3,(H,28,31). The highest BCUT2D eigenvalue weighted by Crippen LogP contribution is 2.39. The van der Waals surface area contributed by atoms with E-state index >= 15 is 0 Å². The van der Waals surface area contributed by atoms with Crippen LogP contribution in [0.15, 0.2) is 48.5 Å². The summed E-state index contributed by atoms with van der Waals surface area (Å²) < 4.78 is 12.9. The molecular weight excluding hydrogens is 438 g/mol. The smallest absolute Gasteiger partial charge is 0.407 e. The molecule has 4 rings (SSSR count). The Morgan fingerprint density at radius 2 is 1.88 bits per heavy atom. The number of hydrogen-bond acceptors (Lipinski definition) is 4. The van der Waals surface area contributed by atoms with E-state index in [1.165, 1.54) is 5.56 Å².